The van der Waals surface area contributed by atoms with Gasteiger partial charge in [-0.15, -0.1) is 0 Å². The van der Waals surface area contributed by atoms with Crippen molar-refractivity contribution in [2.75, 3.05) is 6.54 Å². The Labute approximate surface area is 109 Å². The van der Waals surface area contributed by atoms with Crippen LogP contribution >= 0.6 is 0 Å². The van der Waals surface area contributed by atoms with Crippen molar-refractivity contribution in [3.05, 3.63) is 35.4 Å². The van der Waals surface area contributed by atoms with Gasteiger partial charge < -0.3 is 11.1 Å². The van der Waals surface area contributed by atoms with Crippen molar-refractivity contribution in [1.82, 2.24) is 5.32 Å². The number of benzene rings is 1. The molecule has 3 nitrogen and oxygen atoms in total. The maximum atomic E-state index is 11.8. The van der Waals surface area contributed by atoms with E-state index in [9.17, 15) is 4.79 Å². The van der Waals surface area contributed by atoms with Crippen LogP contribution in [0.25, 0.3) is 0 Å². The van der Waals surface area contributed by atoms with Gasteiger partial charge in [0.2, 0.25) is 5.91 Å². The fraction of sp³-hybridized carbons (Fsp3) is 0.533. The number of rotatable bonds is 7. The van der Waals surface area contributed by atoms with E-state index in [-0.39, 0.29) is 5.91 Å². The number of hydrogen-bond acceptors (Lipinski definition) is 2. The standard InChI is InChI=1S/C15H22N2O/c16-11-14-6-2-1-5-13(14)10-15(18)17-9-3-4-12-7-8-12/h1-2,5-6,12H,3-4,7-11,16H2,(H,17,18). The Balaban J connectivity index is 1.71. The molecule has 1 saturated carbocycles. The van der Waals surface area contributed by atoms with Gasteiger partial charge in [0, 0.05) is 13.1 Å². The average Bonchev–Trinajstić information content (AvgIpc) is 3.19. The Morgan fingerprint density at radius 1 is 1.28 bits per heavy atom. The molecule has 0 heterocycles. The minimum absolute atomic E-state index is 0.103. The summed E-state index contributed by atoms with van der Waals surface area (Å²) in [7, 11) is 0. The molecule has 0 spiro atoms. The first-order valence-electron chi connectivity index (χ1n) is 6.83. The van der Waals surface area contributed by atoms with Gasteiger partial charge in [-0.25, -0.2) is 0 Å². The first-order chi connectivity index (χ1) is 8.79. The fourth-order valence-corrected chi connectivity index (χ4v) is 2.19. The molecule has 1 aromatic rings. The van der Waals surface area contributed by atoms with Crippen LogP contribution in [-0.2, 0) is 17.8 Å². The molecule has 2 rings (SSSR count). The predicted octanol–water partition coefficient (Wildman–Crippen LogP) is 1.99. The summed E-state index contributed by atoms with van der Waals surface area (Å²) in [4.78, 5) is 11.8. The van der Waals surface area contributed by atoms with E-state index in [0.717, 1.165) is 30.0 Å². The summed E-state index contributed by atoms with van der Waals surface area (Å²) >= 11 is 0. The number of amides is 1. The first kappa shape index (κ1) is 13.1. The Morgan fingerprint density at radius 3 is 2.67 bits per heavy atom. The molecule has 1 aromatic carbocycles. The van der Waals surface area contributed by atoms with Crippen LogP contribution in [0.15, 0.2) is 24.3 Å². The lowest BCUT2D eigenvalue weighted by atomic mass is 10.0. The Kier molecular flexibility index (Phi) is 4.76. The molecule has 0 atom stereocenters. The van der Waals surface area contributed by atoms with Crippen molar-refractivity contribution >= 4 is 5.91 Å². The van der Waals surface area contributed by atoms with Crippen LogP contribution in [0, 0.1) is 5.92 Å². The Bertz CT molecular complexity index is 399. The number of hydrogen-bond donors (Lipinski definition) is 2. The van der Waals surface area contributed by atoms with Crippen molar-refractivity contribution in [3.8, 4) is 0 Å². The summed E-state index contributed by atoms with van der Waals surface area (Å²) in [6.45, 7) is 1.30. The van der Waals surface area contributed by atoms with Gasteiger partial charge >= 0.3 is 0 Å². The molecule has 1 aliphatic rings. The molecule has 18 heavy (non-hydrogen) atoms. The number of nitrogens with one attached hydrogen (secondary N) is 1. The van der Waals surface area contributed by atoms with Gasteiger partial charge in [-0.3, -0.25) is 4.79 Å². The summed E-state index contributed by atoms with van der Waals surface area (Å²) < 4.78 is 0. The second-order valence-electron chi connectivity index (χ2n) is 5.09. The maximum Gasteiger partial charge on any atom is 0.224 e. The van der Waals surface area contributed by atoms with Crippen molar-refractivity contribution in [2.45, 2.75) is 38.6 Å². The second-order valence-corrected chi connectivity index (χ2v) is 5.09. The molecule has 0 unspecified atom stereocenters. The smallest absolute Gasteiger partial charge is 0.224 e. The quantitative estimate of drug-likeness (QED) is 0.723. The topological polar surface area (TPSA) is 55.1 Å². The van der Waals surface area contributed by atoms with Crippen LogP contribution in [0.5, 0.6) is 0 Å². The average molecular weight is 246 g/mol. The third-order valence-corrected chi connectivity index (χ3v) is 3.50. The molecule has 0 aliphatic heterocycles. The van der Waals surface area contributed by atoms with Crippen LogP contribution in [0.3, 0.4) is 0 Å². The highest BCUT2D eigenvalue weighted by Gasteiger charge is 2.20. The van der Waals surface area contributed by atoms with Crippen LogP contribution in [-0.4, -0.2) is 12.5 Å². The normalized spacial score (nSPS) is 14.5. The van der Waals surface area contributed by atoms with Crippen LogP contribution < -0.4 is 11.1 Å². The summed E-state index contributed by atoms with van der Waals surface area (Å²) in [5.74, 6) is 1.05. The molecule has 3 heteroatoms. The SMILES string of the molecule is NCc1ccccc1CC(=O)NCCCC1CC1. The summed E-state index contributed by atoms with van der Waals surface area (Å²) in [5, 5.41) is 2.99. The number of nitrogens with two attached hydrogens (primary N) is 1. The molecule has 0 aromatic heterocycles. The monoisotopic (exact) mass is 246 g/mol. The van der Waals surface area contributed by atoms with Crippen molar-refractivity contribution in [3.63, 3.8) is 0 Å². The lowest BCUT2D eigenvalue weighted by Crippen LogP contribution is -2.26. The van der Waals surface area contributed by atoms with E-state index >= 15 is 0 Å². The molecule has 98 valence electrons. The highest BCUT2D eigenvalue weighted by molar-refractivity contribution is 5.78. The van der Waals surface area contributed by atoms with Crippen molar-refractivity contribution in [1.29, 1.82) is 0 Å². The third-order valence-electron chi connectivity index (χ3n) is 3.50. The van der Waals surface area contributed by atoms with Gasteiger partial charge in [0.05, 0.1) is 6.42 Å². The third kappa shape index (κ3) is 4.15. The van der Waals surface area contributed by atoms with E-state index in [0.29, 0.717) is 13.0 Å². The first-order valence-corrected chi connectivity index (χ1v) is 6.83. The van der Waals surface area contributed by atoms with E-state index in [4.69, 9.17) is 5.73 Å². The zero-order chi connectivity index (χ0) is 12.8. The van der Waals surface area contributed by atoms with E-state index in [1.165, 1.54) is 19.3 Å². The summed E-state index contributed by atoms with van der Waals surface area (Å²) in [5.41, 5.74) is 7.76. The minimum atomic E-state index is 0.103. The molecule has 0 bridgehead atoms. The van der Waals surface area contributed by atoms with Crippen molar-refractivity contribution in [2.24, 2.45) is 11.7 Å². The van der Waals surface area contributed by atoms with E-state index in [1.807, 2.05) is 24.3 Å². The van der Waals surface area contributed by atoms with Crippen LogP contribution in [0.2, 0.25) is 0 Å². The fourth-order valence-electron chi connectivity index (χ4n) is 2.19. The molecular weight excluding hydrogens is 224 g/mol. The van der Waals surface area contributed by atoms with Crippen LogP contribution in [0.4, 0.5) is 0 Å². The van der Waals surface area contributed by atoms with E-state index in [1.54, 1.807) is 0 Å². The highest BCUT2D eigenvalue weighted by atomic mass is 16.1. The molecule has 0 radical (unpaired) electrons. The van der Waals surface area contributed by atoms with E-state index < -0.39 is 0 Å². The number of carbonyl (C=O) groups is 1. The largest absolute Gasteiger partial charge is 0.356 e. The Hall–Kier alpha value is -1.35. The molecular formula is C15H22N2O. The summed E-state index contributed by atoms with van der Waals surface area (Å²) in [6.07, 6.45) is 5.58. The van der Waals surface area contributed by atoms with Crippen LogP contribution in [0.1, 0.15) is 36.8 Å². The van der Waals surface area contributed by atoms with Crippen molar-refractivity contribution < 1.29 is 4.79 Å². The second kappa shape index (κ2) is 6.55. The van der Waals surface area contributed by atoms with E-state index in [2.05, 4.69) is 5.32 Å². The predicted molar refractivity (Wildman–Crippen MR) is 73.0 cm³/mol. The zero-order valence-electron chi connectivity index (χ0n) is 10.8. The molecule has 1 fully saturated rings. The minimum Gasteiger partial charge on any atom is -0.356 e. The number of carbonyl (C=O) groups excluding carboxylic acids is 1. The lowest BCUT2D eigenvalue weighted by molar-refractivity contribution is -0.120. The van der Waals surface area contributed by atoms with Gasteiger partial charge in [0.25, 0.3) is 0 Å². The summed E-state index contributed by atoms with van der Waals surface area (Å²) in [6, 6.07) is 7.87. The Morgan fingerprint density at radius 2 is 2.00 bits per heavy atom. The van der Waals surface area contributed by atoms with Gasteiger partial charge in [0.15, 0.2) is 0 Å². The lowest BCUT2D eigenvalue weighted by Gasteiger charge is -2.08. The molecule has 0 saturated heterocycles. The van der Waals surface area contributed by atoms with Gasteiger partial charge in [0.1, 0.15) is 0 Å². The van der Waals surface area contributed by atoms with Gasteiger partial charge in [-0.1, -0.05) is 37.1 Å². The zero-order valence-corrected chi connectivity index (χ0v) is 10.8. The molecule has 1 amide bonds. The maximum absolute atomic E-state index is 11.8. The van der Waals surface area contributed by atoms with Gasteiger partial charge in [-0.2, -0.15) is 0 Å². The highest BCUT2D eigenvalue weighted by Crippen LogP contribution is 2.33. The molecule has 3 N–H and O–H groups in total. The van der Waals surface area contributed by atoms with Gasteiger partial charge in [-0.05, 0) is 29.9 Å². The molecule has 1 aliphatic carbocycles.